The van der Waals surface area contributed by atoms with Gasteiger partial charge in [-0.3, -0.25) is 29.4 Å². The number of benzene rings is 1. The Morgan fingerprint density at radius 3 is 2.59 bits per heavy atom. The zero-order chi connectivity index (χ0) is 19.4. The average molecular weight is 372 g/mol. The molecular formula is C19H24N4O4. The zero-order valence-electron chi connectivity index (χ0n) is 15.1. The molecule has 1 atom stereocenters. The van der Waals surface area contributed by atoms with Gasteiger partial charge in [0.1, 0.15) is 6.04 Å². The van der Waals surface area contributed by atoms with Crippen LogP contribution < -0.4 is 16.4 Å². The molecule has 4 N–H and O–H groups in total. The molecule has 3 rings (SSSR count). The van der Waals surface area contributed by atoms with Gasteiger partial charge in [0.15, 0.2) is 0 Å². The second-order valence-electron chi connectivity index (χ2n) is 6.85. The highest BCUT2D eigenvalue weighted by Crippen LogP contribution is 2.28. The summed E-state index contributed by atoms with van der Waals surface area (Å²) in [4.78, 5) is 49.7. The number of hydrogen-bond donors (Lipinski definition) is 3. The first-order valence-corrected chi connectivity index (χ1v) is 9.28. The molecule has 27 heavy (non-hydrogen) atoms. The fraction of sp³-hybridized carbons (Fsp3) is 0.474. The number of fused-ring (bicyclic) bond motifs is 1. The molecule has 0 aromatic heterocycles. The number of piperidine rings is 1. The van der Waals surface area contributed by atoms with E-state index in [4.69, 9.17) is 5.73 Å². The molecule has 2 aliphatic rings. The second-order valence-corrected chi connectivity index (χ2v) is 6.85. The maximum Gasteiger partial charge on any atom is 0.262 e. The molecular weight excluding hydrogens is 348 g/mol. The second kappa shape index (κ2) is 8.41. The number of rotatable bonds is 8. The Hall–Kier alpha value is -2.58. The van der Waals surface area contributed by atoms with Gasteiger partial charge in [0.2, 0.25) is 11.8 Å². The number of nitrogens with one attached hydrogen (secondary N) is 2. The molecule has 0 radical (unpaired) electrons. The standard InChI is InChI=1S/C19H24N4O4/c20-8-2-1-3-9-21-11-12-4-5-13-14(10-12)19(27)23(18(13)26)15-6-7-16(24)22-17(15)25/h4-5,10,15,21H,1-3,6-9,11,20H2,(H,22,24,25). The minimum absolute atomic E-state index is 0.114. The van der Waals surface area contributed by atoms with Crippen LogP contribution >= 0.6 is 0 Å². The zero-order valence-corrected chi connectivity index (χ0v) is 15.1. The molecule has 0 saturated carbocycles. The predicted octanol–water partition coefficient (Wildman–Crippen LogP) is 0.306. The Bertz CT molecular complexity index is 777. The number of carbonyl (C=O) groups excluding carboxylic acids is 4. The topological polar surface area (TPSA) is 122 Å². The van der Waals surface area contributed by atoms with Crippen molar-refractivity contribution in [2.75, 3.05) is 13.1 Å². The van der Waals surface area contributed by atoms with Gasteiger partial charge >= 0.3 is 0 Å². The van der Waals surface area contributed by atoms with E-state index in [9.17, 15) is 19.2 Å². The third-order valence-electron chi connectivity index (χ3n) is 4.89. The number of imide groups is 2. The highest BCUT2D eigenvalue weighted by molar-refractivity contribution is 6.23. The normalized spacial score (nSPS) is 19.4. The number of nitrogens with zero attached hydrogens (tertiary/aromatic N) is 1. The quantitative estimate of drug-likeness (QED) is 0.446. The Morgan fingerprint density at radius 1 is 1.07 bits per heavy atom. The van der Waals surface area contributed by atoms with Crippen LogP contribution in [-0.4, -0.2) is 47.7 Å². The Morgan fingerprint density at radius 2 is 1.85 bits per heavy atom. The van der Waals surface area contributed by atoms with Crippen molar-refractivity contribution < 1.29 is 19.2 Å². The Kier molecular flexibility index (Phi) is 5.98. The van der Waals surface area contributed by atoms with Crippen LogP contribution in [0.5, 0.6) is 0 Å². The van der Waals surface area contributed by atoms with Gasteiger partial charge in [-0.15, -0.1) is 0 Å². The molecule has 1 unspecified atom stereocenters. The van der Waals surface area contributed by atoms with E-state index in [-0.39, 0.29) is 18.7 Å². The lowest BCUT2D eigenvalue weighted by Gasteiger charge is -2.27. The van der Waals surface area contributed by atoms with Crippen LogP contribution in [0.4, 0.5) is 0 Å². The van der Waals surface area contributed by atoms with Gasteiger partial charge in [0.05, 0.1) is 11.1 Å². The van der Waals surface area contributed by atoms with Crippen LogP contribution in [0.1, 0.15) is 58.4 Å². The predicted molar refractivity (Wildman–Crippen MR) is 97.7 cm³/mol. The van der Waals surface area contributed by atoms with Crippen molar-refractivity contribution in [3.05, 3.63) is 34.9 Å². The molecule has 0 spiro atoms. The van der Waals surface area contributed by atoms with Crippen LogP contribution in [0, 0.1) is 0 Å². The molecule has 1 aromatic carbocycles. The fourth-order valence-corrected chi connectivity index (χ4v) is 3.43. The number of nitrogens with two attached hydrogens (primary N) is 1. The van der Waals surface area contributed by atoms with E-state index in [0.29, 0.717) is 24.2 Å². The van der Waals surface area contributed by atoms with Gasteiger partial charge in [-0.1, -0.05) is 12.5 Å². The molecule has 2 aliphatic heterocycles. The van der Waals surface area contributed by atoms with Crippen LogP contribution in [0.3, 0.4) is 0 Å². The summed E-state index contributed by atoms with van der Waals surface area (Å²) >= 11 is 0. The molecule has 4 amide bonds. The maximum atomic E-state index is 12.7. The minimum Gasteiger partial charge on any atom is -0.330 e. The SMILES string of the molecule is NCCCCCNCc1ccc2c(c1)C(=O)N(C1CCC(=O)NC1=O)C2=O. The summed E-state index contributed by atoms with van der Waals surface area (Å²) in [5.74, 6) is -1.94. The lowest BCUT2D eigenvalue weighted by Crippen LogP contribution is -2.54. The fourth-order valence-electron chi connectivity index (χ4n) is 3.43. The number of hydrogen-bond acceptors (Lipinski definition) is 6. The van der Waals surface area contributed by atoms with Crippen molar-refractivity contribution in [1.29, 1.82) is 0 Å². The van der Waals surface area contributed by atoms with E-state index in [0.717, 1.165) is 36.3 Å². The summed E-state index contributed by atoms with van der Waals surface area (Å²) in [5.41, 5.74) is 6.98. The smallest absolute Gasteiger partial charge is 0.262 e. The van der Waals surface area contributed by atoms with E-state index in [1.54, 1.807) is 12.1 Å². The molecule has 0 bridgehead atoms. The van der Waals surface area contributed by atoms with E-state index < -0.39 is 23.8 Å². The molecule has 1 aromatic rings. The van der Waals surface area contributed by atoms with Crippen molar-refractivity contribution in [2.24, 2.45) is 5.73 Å². The highest BCUT2D eigenvalue weighted by Gasteiger charge is 2.44. The number of amides is 4. The summed E-state index contributed by atoms with van der Waals surface area (Å²) in [6, 6.07) is 4.21. The minimum atomic E-state index is -0.931. The largest absolute Gasteiger partial charge is 0.330 e. The van der Waals surface area contributed by atoms with Gasteiger partial charge in [0, 0.05) is 13.0 Å². The molecule has 144 valence electrons. The molecule has 8 heteroatoms. The lowest BCUT2D eigenvalue weighted by molar-refractivity contribution is -0.136. The summed E-state index contributed by atoms with van der Waals surface area (Å²) in [6.45, 7) is 2.15. The van der Waals surface area contributed by atoms with Crippen molar-refractivity contribution in [3.63, 3.8) is 0 Å². The third-order valence-corrected chi connectivity index (χ3v) is 4.89. The van der Waals surface area contributed by atoms with Gasteiger partial charge in [-0.25, -0.2) is 0 Å². The van der Waals surface area contributed by atoms with E-state index >= 15 is 0 Å². The van der Waals surface area contributed by atoms with Crippen LogP contribution in [0.25, 0.3) is 0 Å². The van der Waals surface area contributed by atoms with E-state index in [1.807, 2.05) is 6.07 Å². The third kappa shape index (κ3) is 4.06. The van der Waals surface area contributed by atoms with Gasteiger partial charge in [-0.2, -0.15) is 0 Å². The Labute approximate surface area is 157 Å². The van der Waals surface area contributed by atoms with Gasteiger partial charge < -0.3 is 11.1 Å². The Balaban J connectivity index is 1.66. The van der Waals surface area contributed by atoms with Crippen LogP contribution in [-0.2, 0) is 16.1 Å². The first kappa shape index (κ1) is 19.2. The van der Waals surface area contributed by atoms with Gasteiger partial charge in [0.25, 0.3) is 11.8 Å². The molecule has 2 heterocycles. The van der Waals surface area contributed by atoms with E-state index in [1.165, 1.54) is 0 Å². The van der Waals surface area contributed by atoms with Crippen LogP contribution in [0.15, 0.2) is 18.2 Å². The molecule has 0 aliphatic carbocycles. The van der Waals surface area contributed by atoms with Crippen molar-refractivity contribution in [2.45, 2.75) is 44.7 Å². The highest BCUT2D eigenvalue weighted by atomic mass is 16.2. The summed E-state index contributed by atoms with van der Waals surface area (Å²) < 4.78 is 0. The van der Waals surface area contributed by atoms with Crippen molar-refractivity contribution in [1.82, 2.24) is 15.5 Å². The monoisotopic (exact) mass is 372 g/mol. The average Bonchev–Trinajstić information content (AvgIpc) is 2.89. The summed E-state index contributed by atoms with van der Waals surface area (Å²) in [5, 5.41) is 5.50. The summed E-state index contributed by atoms with van der Waals surface area (Å²) in [6.07, 6.45) is 3.38. The number of carbonyl (C=O) groups is 4. The first-order valence-electron chi connectivity index (χ1n) is 9.28. The molecule has 1 saturated heterocycles. The van der Waals surface area contributed by atoms with Crippen LogP contribution in [0.2, 0.25) is 0 Å². The number of unbranched alkanes of at least 4 members (excludes halogenated alkanes) is 2. The van der Waals surface area contributed by atoms with Crippen molar-refractivity contribution in [3.8, 4) is 0 Å². The van der Waals surface area contributed by atoms with Crippen molar-refractivity contribution >= 4 is 23.6 Å². The molecule has 8 nitrogen and oxygen atoms in total. The first-order chi connectivity index (χ1) is 13.0. The molecule has 1 fully saturated rings. The van der Waals surface area contributed by atoms with E-state index in [2.05, 4.69) is 10.6 Å². The van der Waals surface area contributed by atoms with Gasteiger partial charge in [-0.05, 0) is 50.0 Å². The lowest BCUT2D eigenvalue weighted by atomic mass is 10.0. The maximum absolute atomic E-state index is 12.7. The summed E-state index contributed by atoms with van der Waals surface area (Å²) in [7, 11) is 0.